The second-order valence-electron chi connectivity index (χ2n) is 10.5. The van der Waals surface area contributed by atoms with Gasteiger partial charge in [-0.2, -0.15) is 0 Å². The molecule has 10 heteroatoms. The maximum Gasteiger partial charge on any atom is 0.253 e. The molecule has 41 heavy (non-hydrogen) atoms. The zero-order valence-electron chi connectivity index (χ0n) is 23.4. The number of likely N-dealkylation sites (tertiary alicyclic amines) is 1. The highest BCUT2D eigenvalue weighted by Crippen LogP contribution is 2.32. The molecular formula is C31H34ClN7O2. The third-order valence-electron chi connectivity index (χ3n) is 7.17. The molecule has 0 bridgehead atoms. The third kappa shape index (κ3) is 6.75. The molecule has 212 valence electrons. The number of nitrogens with one attached hydrogen (secondary N) is 3. The normalized spacial score (nSPS) is 14.2. The van der Waals surface area contributed by atoms with Crippen LogP contribution in [0.25, 0.3) is 22.2 Å². The van der Waals surface area contributed by atoms with E-state index >= 15 is 0 Å². The number of rotatable bonds is 8. The molecule has 3 heterocycles. The number of nitrogens with zero attached hydrogens (tertiary/aromatic N) is 4. The Morgan fingerprint density at radius 1 is 1.17 bits per heavy atom. The van der Waals surface area contributed by atoms with Gasteiger partial charge in [0.05, 0.1) is 16.9 Å². The van der Waals surface area contributed by atoms with E-state index in [4.69, 9.17) is 16.6 Å². The fraction of sp³-hybridized carbons (Fsp3) is 0.290. The summed E-state index contributed by atoms with van der Waals surface area (Å²) >= 11 is 6.48. The molecule has 4 aromatic rings. The number of hydrogen-bond donors (Lipinski definition) is 3. The maximum atomic E-state index is 13.2. The lowest BCUT2D eigenvalue weighted by Crippen LogP contribution is -2.42. The van der Waals surface area contributed by atoms with Crippen LogP contribution in [0.1, 0.15) is 28.8 Å². The minimum atomic E-state index is -0.193. The molecule has 0 atom stereocenters. The van der Waals surface area contributed by atoms with E-state index in [0.29, 0.717) is 47.6 Å². The van der Waals surface area contributed by atoms with Crippen molar-refractivity contribution < 1.29 is 9.59 Å². The number of benzene rings is 2. The van der Waals surface area contributed by atoms with E-state index < -0.39 is 0 Å². The number of para-hydroxylation sites is 1. The molecule has 1 saturated heterocycles. The monoisotopic (exact) mass is 571 g/mol. The van der Waals surface area contributed by atoms with E-state index in [1.165, 1.54) is 6.08 Å². The first-order valence-electron chi connectivity index (χ1n) is 13.7. The molecule has 0 radical (unpaired) electrons. The Hall–Kier alpha value is -4.21. The molecule has 9 nitrogen and oxygen atoms in total. The van der Waals surface area contributed by atoms with Crippen LogP contribution in [0.2, 0.25) is 5.02 Å². The van der Waals surface area contributed by atoms with Gasteiger partial charge < -0.3 is 25.4 Å². The number of aryl methyl sites for hydroxylation is 1. The van der Waals surface area contributed by atoms with Crippen molar-refractivity contribution in [2.75, 3.05) is 44.4 Å². The average molecular weight is 572 g/mol. The Balaban J connectivity index is 1.18. The number of halogens is 1. The van der Waals surface area contributed by atoms with Crippen LogP contribution in [0, 0.1) is 6.92 Å². The van der Waals surface area contributed by atoms with E-state index in [-0.39, 0.29) is 17.9 Å². The number of carbonyl (C=O) groups excluding carboxylic acids is 2. The Morgan fingerprint density at radius 3 is 2.71 bits per heavy atom. The number of likely N-dealkylation sites (N-methyl/N-ethyl adjacent to an activating group) is 1. The van der Waals surface area contributed by atoms with Crippen LogP contribution >= 0.6 is 11.6 Å². The first-order chi connectivity index (χ1) is 19.8. The third-order valence-corrected chi connectivity index (χ3v) is 7.45. The van der Waals surface area contributed by atoms with Gasteiger partial charge in [0.2, 0.25) is 11.9 Å². The second kappa shape index (κ2) is 12.5. The van der Waals surface area contributed by atoms with Crippen LogP contribution in [0.5, 0.6) is 0 Å². The Labute approximate surface area is 244 Å². The van der Waals surface area contributed by atoms with Crippen molar-refractivity contribution in [3.8, 4) is 11.3 Å². The van der Waals surface area contributed by atoms with Gasteiger partial charge in [0.1, 0.15) is 0 Å². The molecule has 0 saturated carbocycles. The molecule has 2 amide bonds. The lowest BCUT2D eigenvalue weighted by atomic mass is 10.0. The predicted molar refractivity (Wildman–Crippen MR) is 164 cm³/mol. The summed E-state index contributed by atoms with van der Waals surface area (Å²) in [6.45, 7) is 3.81. The summed E-state index contributed by atoms with van der Waals surface area (Å²) in [5, 5.41) is 7.86. The molecule has 3 N–H and O–H groups in total. The Bertz CT molecular complexity index is 1590. The summed E-state index contributed by atoms with van der Waals surface area (Å²) < 4.78 is 0. The van der Waals surface area contributed by atoms with Gasteiger partial charge in [0, 0.05) is 65.7 Å². The summed E-state index contributed by atoms with van der Waals surface area (Å²) in [6, 6.07) is 13.6. The largest absolute Gasteiger partial charge is 0.360 e. The quantitative estimate of drug-likeness (QED) is 0.246. The number of amides is 2. The molecule has 2 aromatic carbocycles. The summed E-state index contributed by atoms with van der Waals surface area (Å²) in [6.07, 6.45) is 8.41. The minimum Gasteiger partial charge on any atom is -0.360 e. The smallest absolute Gasteiger partial charge is 0.253 e. The fourth-order valence-corrected chi connectivity index (χ4v) is 5.16. The SMILES string of the molecule is Cc1cc(C(=O)N2CCC(Nc3ncc(Cl)c(-c4c[nH]c5ccccc45)n3)CC2)ccc1NC(=O)C=CCN(C)C. The molecule has 0 spiro atoms. The Kier molecular flexibility index (Phi) is 8.66. The first-order valence-corrected chi connectivity index (χ1v) is 14.0. The number of fused-ring (bicyclic) bond motifs is 1. The van der Waals surface area contributed by atoms with Gasteiger partial charge in [-0.3, -0.25) is 9.59 Å². The molecule has 1 aliphatic rings. The van der Waals surface area contributed by atoms with Crippen LogP contribution in [0.3, 0.4) is 0 Å². The van der Waals surface area contributed by atoms with Gasteiger partial charge in [-0.1, -0.05) is 35.9 Å². The van der Waals surface area contributed by atoms with Crippen molar-refractivity contribution in [3.05, 3.63) is 83.2 Å². The zero-order chi connectivity index (χ0) is 28.9. The van der Waals surface area contributed by atoms with E-state index in [9.17, 15) is 9.59 Å². The van der Waals surface area contributed by atoms with Crippen LogP contribution in [-0.2, 0) is 4.79 Å². The van der Waals surface area contributed by atoms with Crippen molar-refractivity contribution >= 4 is 46.0 Å². The van der Waals surface area contributed by atoms with E-state index in [0.717, 1.165) is 34.9 Å². The number of aromatic amines is 1. The molecule has 1 fully saturated rings. The van der Waals surface area contributed by atoms with Gasteiger partial charge in [0.25, 0.3) is 5.91 Å². The number of aromatic nitrogens is 3. The van der Waals surface area contributed by atoms with Gasteiger partial charge in [-0.15, -0.1) is 0 Å². The summed E-state index contributed by atoms with van der Waals surface area (Å²) in [5.41, 5.74) is 4.77. The minimum absolute atomic E-state index is 0.0142. The number of carbonyl (C=O) groups is 2. The van der Waals surface area contributed by atoms with Crippen LogP contribution in [0.15, 0.2) is 67.0 Å². The Morgan fingerprint density at radius 2 is 1.95 bits per heavy atom. The molecule has 0 aliphatic carbocycles. The van der Waals surface area contributed by atoms with Crippen LogP contribution in [0.4, 0.5) is 11.6 Å². The number of H-pyrrole nitrogens is 1. The van der Waals surface area contributed by atoms with Gasteiger partial charge in [0.15, 0.2) is 0 Å². The predicted octanol–water partition coefficient (Wildman–Crippen LogP) is 5.36. The summed E-state index contributed by atoms with van der Waals surface area (Å²) in [7, 11) is 3.88. The average Bonchev–Trinajstić information content (AvgIpc) is 3.39. The number of piperidine rings is 1. The van der Waals surface area contributed by atoms with Crippen molar-refractivity contribution in [3.63, 3.8) is 0 Å². The summed E-state index contributed by atoms with van der Waals surface area (Å²) in [5.74, 6) is 0.311. The van der Waals surface area contributed by atoms with Crippen LogP contribution in [-0.4, -0.2) is 76.3 Å². The number of hydrogen-bond acceptors (Lipinski definition) is 6. The van der Waals surface area contributed by atoms with Crippen molar-refractivity contribution in [1.29, 1.82) is 0 Å². The lowest BCUT2D eigenvalue weighted by molar-refractivity contribution is -0.111. The van der Waals surface area contributed by atoms with Crippen molar-refractivity contribution in [2.45, 2.75) is 25.8 Å². The highest BCUT2D eigenvalue weighted by molar-refractivity contribution is 6.33. The molecule has 0 unspecified atom stereocenters. The highest BCUT2D eigenvalue weighted by Gasteiger charge is 2.25. The molecule has 1 aliphatic heterocycles. The van der Waals surface area contributed by atoms with Gasteiger partial charge >= 0.3 is 0 Å². The standard InChI is InChI=1S/C31H34ClN7O2/c1-20-17-21(10-11-26(20)36-28(40)9-6-14-38(2)3)30(41)39-15-12-22(13-16-39)35-31-34-19-25(32)29(37-31)24-18-33-27-8-5-4-7-23(24)27/h4-11,17-19,22,33H,12-16H2,1-3H3,(H,36,40)(H,34,35,37). The first kappa shape index (κ1) is 28.3. The van der Waals surface area contributed by atoms with Gasteiger partial charge in [-0.25, -0.2) is 9.97 Å². The van der Waals surface area contributed by atoms with E-state index in [1.807, 2.05) is 73.4 Å². The number of anilines is 2. The molecular weight excluding hydrogens is 538 g/mol. The van der Waals surface area contributed by atoms with Crippen molar-refractivity contribution in [2.24, 2.45) is 0 Å². The zero-order valence-corrected chi connectivity index (χ0v) is 24.2. The van der Waals surface area contributed by atoms with E-state index in [1.54, 1.807) is 18.3 Å². The highest BCUT2D eigenvalue weighted by atomic mass is 35.5. The van der Waals surface area contributed by atoms with Crippen LogP contribution < -0.4 is 10.6 Å². The lowest BCUT2D eigenvalue weighted by Gasteiger charge is -2.32. The topological polar surface area (TPSA) is 106 Å². The molecule has 5 rings (SSSR count). The second-order valence-corrected chi connectivity index (χ2v) is 10.9. The molecule has 2 aromatic heterocycles. The maximum absolute atomic E-state index is 13.2. The van der Waals surface area contributed by atoms with E-state index in [2.05, 4.69) is 20.6 Å². The van der Waals surface area contributed by atoms with Gasteiger partial charge in [-0.05, 0) is 63.7 Å². The summed E-state index contributed by atoms with van der Waals surface area (Å²) in [4.78, 5) is 41.7. The van der Waals surface area contributed by atoms with Crippen molar-refractivity contribution in [1.82, 2.24) is 24.8 Å². The fourth-order valence-electron chi connectivity index (χ4n) is 4.97.